The van der Waals surface area contributed by atoms with Crippen LogP contribution in [-0.2, 0) is 4.74 Å². The van der Waals surface area contributed by atoms with Crippen molar-refractivity contribution in [3.63, 3.8) is 0 Å². The molecule has 4 bridgehead atoms. The van der Waals surface area contributed by atoms with Crippen molar-refractivity contribution in [2.45, 2.75) is 50.5 Å². The van der Waals surface area contributed by atoms with Gasteiger partial charge in [0.1, 0.15) is 0 Å². The lowest BCUT2D eigenvalue weighted by atomic mass is 9.54. The molecule has 4 saturated carbocycles. The highest BCUT2D eigenvalue weighted by molar-refractivity contribution is 6.07. The average Bonchev–Trinajstić information content (AvgIpc) is 2.82. The molecular weight excluding hydrogens is 410 g/mol. The number of nitrogens with zero attached hydrogens (tertiary/aromatic N) is 2. The van der Waals surface area contributed by atoms with E-state index in [2.05, 4.69) is 10.3 Å². The van der Waals surface area contributed by atoms with Crippen LogP contribution in [0.25, 0.3) is 22.2 Å². The number of ether oxygens (including phenoxy) is 1. The molecule has 170 valence electrons. The highest BCUT2D eigenvalue weighted by Crippen LogP contribution is 2.57. The van der Waals surface area contributed by atoms with Gasteiger partial charge in [0.2, 0.25) is 0 Å². The van der Waals surface area contributed by atoms with Crippen molar-refractivity contribution in [1.29, 1.82) is 0 Å². The number of hydrogen-bond acceptors (Lipinski definition) is 4. The second-order valence-electron chi connectivity index (χ2n) is 10.4. The normalized spacial score (nSPS) is 27.7. The molecule has 1 aromatic carbocycles. The third-order valence-corrected chi connectivity index (χ3v) is 7.92. The summed E-state index contributed by atoms with van der Waals surface area (Å²) in [6.45, 7) is 1.34. The van der Waals surface area contributed by atoms with Crippen molar-refractivity contribution in [3.8, 4) is 11.3 Å². The Balaban J connectivity index is 1.10. The molecule has 4 aliphatic carbocycles. The Hall–Kier alpha value is -2.79. The molecule has 1 amide bonds. The number of hydrogen-bond donors (Lipinski definition) is 1. The average molecular weight is 442 g/mol. The number of carbonyl (C=O) groups excluding carboxylic acids is 1. The van der Waals surface area contributed by atoms with E-state index in [0.29, 0.717) is 12.1 Å². The largest absolute Gasteiger partial charge is 0.375 e. The van der Waals surface area contributed by atoms with Gasteiger partial charge in [0, 0.05) is 36.5 Å². The quantitative estimate of drug-likeness (QED) is 0.499. The van der Waals surface area contributed by atoms with Gasteiger partial charge in [-0.05, 0) is 87.0 Å². The molecular formula is C28H31N3O2. The molecule has 0 radical (unpaired) electrons. The van der Waals surface area contributed by atoms with Crippen LogP contribution in [0.1, 0.15) is 55.3 Å². The molecule has 2 heterocycles. The third-order valence-electron chi connectivity index (χ3n) is 7.92. The summed E-state index contributed by atoms with van der Waals surface area (Å²) in [5.41, 5.74) is 3.27. The maximum absolute atomic E-state index is 13.1. The minimum Gasteiger partial charge on any atom is -0.375 e. The topological polar surface area (TPSA) is 64.1 Å². The summed E-state index contributed by atoms with van der Waals surface area (Å²) in [4.78, 5) is 22.1. The minimum absolute atomic E-state index is 0.0615. The summed E-state index contributed by atoms with van der Waals surface area (Å²) < 4.78 is 6.51. The predicted molar refractivity (Wildman–Crippen MR) is 129 cm³/mol. The summed E-state index contributed by atoms with van der Waals surface area (Å²) in [5.74, 6) is 2.62. The van der Waals surface area contributed by atoms with Crippen molar-refractivity contribution in [2.75, 3.05) is 13.2 Å². The molecule has 0 atom stereocenters. The molecule has 0 unspecified atom stereocenters. The number of rotatable bonds is 7. The first-order valence-electron chi connectivity index (χ1n) is 12.4. The fourth-order valence-electron chi connectivity index (χ4n) is 6.89. The van der Waals surface area contributed by atoms with E-state index in [0.717, 1.165) is 52.9 Å². The standard InChI is InChI=1S/C28H31N3O2/c32-27(30-9-4-10-33-28-15-19-11-20(16-28)13-21(12-19)17-28)24-14-26(22-5-3-8-29-18-22)31-25-7-2-1-6-23(24)25/h1-3,5-8,14,18-21H,4,9-13,15-17H2,(H,30,32). The zero-order chi connectivity index (χ0) is 22.3. The van der Waals surface area contributed by atoms with Crippen LogP contribution in [0.2, 0.25) is 0 Å². The van der Waals surface area contributed by atoms with Crippen LogP contribution in [0.4, 0.5) is 0 Å². The number of nitrogens with one attached hydrogen (secondary N) is 1. The summed E-state index contributed by atoms with van der Waals surface area (Å²) in [7, 11) is 0. The van der Waals surface area contributed by atoms with Gasteiger partial charge in [0.15, 0.2) is 0 Å². The number of pyridine rings is 2. The number of amides is 1. The second-order valence-corrected chi connectivity index (χ2v) is 10.4. The second kappa shape index (κ2) is 8.53. The Morgan fingerprint density at radius 2 is 1.79 bits per heavy atom. The van der Waals surface area contributed by atoms with Crippen molar-refractivity contribution < 1.29 is 9.53 Å². The van der Waals surface area contributed by atoms with E-state index < -0.39 is 0 Å². The van der Waals surface area contributed by atoms with Gasteiger partial charge in [-0.3, -0.25) is 9.78 Å². The summed E-state index contributed by atoms with van der Waals surface area (Å²) >= 11 is 0. The number of para-hydroxylation sites is 1. The molecule has 33 heavy (non-hydrogen) atoms. The lowest BCUT2D eigenvalue weighted by Gasteiger charge is -2.56. The molecule has 0 spiro atoms. The first-order valence-corrected chi connectivity index (χ1v) is 12.4. The molecule has 0 aliphatic heterocycles. The number of aromatic nitrogens is 2. The Labute approximate surface area is 195 Å². The third kappa shape index (κ3) is 4.15. The molecule has 4 aliphatic rings. The van der Waals surface area contributed by atoms with E-state index in [1.807, 2.05) is 42.5 Å². The van der Waals surface area contributed by atoms with E-state index in [9.17, 15) is 4.79 Å². The lowest BCUT2D eigenvalue weighted by molar-refractivity contribution is -0.162. The lowest BCUT2D eigenvalue weighted by Crippen LogP contribution is -2.52. The van der Waals surface area contributed by atoms with Gasteiger partial charge in [-0.25, -0.2) is 4.98 Å². The van der Waals surface area contributed by atoms with Gasteiger partial charge in [-0.2, -0.15) is 0 Å². The molecule has 5 nitrogen and oxygen atoms in total. The van der Waals surface area contributed by atoms with Gasteiger partial charge in [0.05, 0.1) is 22.4 Å². The van der Waals surface area contributed by atoms with Gasteiger partial charge < -0.3 is 10.1 Å². The summed E-state index contributed by atoms with van der Waals surface area (Å²) in [5, 5.41) is 3.98. The fourth-order valence-corrected chi connectivity index (χ4v) is 6.89. The first kappa shape index (κ1) is 20.8. The molecule has 7 rings (SSSR count). The molecule has 3 aromatic rings. The maximum atomic E-state index is 13.1. The van der Waals surface area contributed by atoms with Crippen LogP contribution in [-0.4, -0.2) is 34.6 Å². The Kier molecular flexibility index (Phi) is 5.37. The van der Waals surface area contributed by atoms with Gasteiger partial charge in [-0.15, -0.1) is 0 Å². The summed E-state index contributed by atoms with van der Waals surface area (Å²) in [6, 6.07) is 13.5. The predicted octanol–water partition coefficient (Wildman–Crippen LogP) is 5.40. The molecule has 5 heteroatoms. The zero-order valence-corrected chi connectivity index (χ0v) is 19.0. The Morgan fingerprint density at radius 3 is 2.52 bits per heavy atom. The van der Waals surface area contributed by atoms with Gasteiger partial charge in [-0.1, -0.05) is 18.2 Å². The van der Waals surface area contributed by atoms with E-state index in [1.54, 1.807) is 12.4 Å². The monoisotopic (exact) mass is 441 g/mol. The smallest absolute Gasteiger partial charge is 0.252 e. The van der Waals surface area contributed by atoms with Crippen LogP contribution in [0, 0.1) is 17.8 Å². The highest BCUT2D eigenvalue weighted by Gasteiger charge is 2.51. The van der Waals surface area contributed by atoms with Crippen LogP contribution in [0.3, 0.4) is 0 Å². The number of benzene rings is 1. The van der Waals surface area contributed by atoms with Crippen molar-refractivity contribution in [2.24, 2.45) is 17.8 Å². The van der Waals surface area contributed by atoms with Gasteiger partial charge >= 0.3 is 0 Å². The fraction of sp³-hybridized carbons (Fsp3) is 0.464. The molecule has 0 saturated heterocycles. The SMILES string of the molecule is O=C(NCCCOC12CC3CC(CC(C3)C1)C2)c1cc(-c2cccnc2)nc2ccccc12. The van der Waals surface area contributed by atoms with Crippen LogP contribution in [0.5, 0.6) is 0 Å². The number of fused-ring (bicyclic) bond motifs is 1. The molecule has 4 fully saturated rings. The van der Waals surface area contributed by atoms with Crippen LogP contribution < -0.4 is 5.32 Å². The minimum atomic E-state index is -0.0615. The van der Waals surface area contributed by atoms with Crippen molar-refractivity contribution in [3.05, 3.63) is 60.4 Å². The Bertz CT molecular complexity index is 1120. The maximum Gasteiger partial charge on any atom is 0.252 e. The summed E-state index contributed by atoms with van der Waals surface area (Å²) in [6.07, 6.45) is 12.4. The van der Waals surface area contributed by atoms with Crippen LogP contribution >= 0.6 is 0 Å². The first-order chi connectivity index (χ1) is 16.2. The zero-order valence-electron chi connectivity index (χ0n) is 19.0. The van der Waals surface area contributed by atoms with E-state index in [-0.39, 0.29) is 11.5 Å². The van der Waals surface area contributed by atoms with Crippen molar-refractivity contribution in [1.82, 2.24) is 15.3 Å². The van der Waals surface area contributed by atoms with Crippen molar-refractivity contribution >= 4 is 16.8 Å². The van der Waals surface area contributed by atoms with E-state index in [1.165, 1.54) is 38.5 Å². The number of carbonyl (C=O) groups is 1. The van der Waals surface area contributed by atoms with Crippen LogP contribution in [0.15, 0.2) is 54.9 Å². The van der Waals surface area contributed by atoms with E-state index in [4.69, 9.17) is 9.72 Å². The molecule has 2 aromatic heterocycles. The molecule has 1 N–H and O–H groups in total. The Morgan fingerprint density at radius 1 is 1.03 bits per heavy atom. The van der Waals surface area contributed by atoms with Gasteiger partial charge in [0.25, 0.3) is 5.91 Å². The van der Waals surface area contributed by atoms with E-state index >= 15 is 0 Å². The highest BCUT2D eigenvalue weighted by atomic mass is 16.5.